The molecule has 216 valence electrons. The summed E-state index contributed by atoms with van der Waals surface area (Å²) in [6.07, 6.45) is 8.73. The van der Waals surface area contributed by atoms with E-state index in [4.69, 9.17) is 9.47 Å². The van der Waals surface area contributed by atoms with Gasteiger partial charge in [-0.1, -0.05) is 12.1 Å². The van der Waals surface area contributed by atoms with Crippen LogP contribution in [0.5, 0.6) is 11.5 Å². The molecule has 0 radical (unpaired) electrons. The fraction of sp³-hybridized carbons (Fsp3) is 0.0811. The minimum atomic E-state index is 0.346. The molecule has 45 heavy (non-hydrogen) atoms. The van der Waals surface area contributed by atoms with Crippen LogP contribution in [-0.4, -0.2) is 29.2 Å². The van der Waals surface area contributed by atoms with Gasteiger partial charge < -0.3 is 19.4 Å². The number of ether oxygens (including phenoxy) is 2. The fourth-order valence-electron chi connectivity index (χ4n) is 5.64. The molecule has 2 N–H and O–H groups in total. The number of nitrogens with zero attached hydrogens (tertiary/aromatic N) is 4. The summed E-state index contributed by atoms with van der Waals surface area (Å²) < 4.78 is 10.9. The Morgan fingerprint density at radius 2 is 1.47 bits per heavy atom. The number of benzene rings is 3. The molecule has 0 amide bonds. The van der Waals surface area contributed by atoms with Crippen molar-refractivity contribution in [2.45, 2.75) is 6.92 Å². The molecule has 6 rings (SSSR count). The van der Waals surface area contributed by atoms with Crippen molar-refractivity contribution in [1.82, 2.24) is 15.0 Å². The van der Waals surface area contributed by atoms with Crippen molar-refractivity contribution >= 4 is 44.6 Å². The van der Waals surface area contributed by atoms with Crippen molar-refractivity contribution in [3.05, 3.63) is 124 Å². The first kappa shape index (κ1) is 28.6. The molecule has 0 unspecified atom stereocenters. The molecule has 0 aliphatic rings. The van der Waals surface area contributed by atoms with Gasteiger partial charge in [-0.2, -0.15) is 15.8 Å². The predicted octanol–water partition coefficient (Wildman–Crippen LogP) is 7.79. The van der Waals surface area contributed by atoms with Crippen molar-refractivity contribution < 1.29 is 9.47 Å². The number of fused-ring (bicyclic) bond motifs is 2. The molecule has 0 spiro atoms. The van der Waals surface area contributed by atoms with E-state index in [1.165, 1.54) is 0 Å². The Balaban J connectivity index is 1.69. The van der Waals surface area contributed by atoms with E-state index >= 15 is 0 Å². The van der Waals surface area contributed by atoms with Gasteiger partial charge in [-0.15, -0.1) is 0 Å². The summed E-state index contributed by atoms with van der Waals surface area (Å²) in [5.41, 5.74) is 7.32. The molecule has 0 aliphatic heterocycles. The van der Waals surface area contributed by atoms with Crippen molar-refractivity contribution in [3.8, 4) is 29.7 Å². The number of allylic oxidation sites excluding steroid dienone is 2. The predicted molar refractivity (Wildman–Crippen MR) is 175 cm³/mol. The fourth-order valence-corrected chi connectivity index (χ4v) is 5.64. The van der Waals surface area contributed by atoms with E-state index in [0.29, 0.717) is 61.6 Å². The smallest absolute Gasteiger partial charge is 0.119 e. The van der Waals surface area contributed by atoms with Crippen molar-refractivity contribution in [1.29, 1.82) is 15.8 Å². The van der Waals surface area contributed by atoms with Gasteiger partial charge in [0.1, 0.15) is 17.6 Å². The zero-order chi connectivity index (χ0) is 31.5. The quantitative estimate of drug-likeness (QED) is 0.183. The van der Waals surface area contributed by atoms with Crippen LogP contribution < -0.4 is 9.47 Å². The van der Waals surface area contributed by atoms with Gasteiger partial charge in [0, 0.05) is 74.4 Å². The van der Waals surface area contributed by atoms with Crippen LogP contribution >= 0.6 is 0 Å². The van der Waals surface area contributed by atoms with Crippen molar-refractivity contribution in [2.24, 2.45) is 0 Å². The number of aryl methyl sites for hydroxylation is 1. The lowest BCUT2D eigenvalue weighted by Crippen LogP contribution is -2.02. The molecule has 3 heterocycles. The van der Waals surface area contributed by atoms with Gasteiger partial charge in [0.05, 0.1) is 43.1 Å². The Morgan fingerprint density at radius 1 is 0.800 bits per heavy atom. The molecular formula is C37H26N6O2. The minimum Gasteiger partial charge on any atom is -0.497 e. The first-order chi connectivity index (χ1) is 22.0. The standard InChI is InChI=1S/C37H26N6O2/c1-22-11-12-41-19-31(22)37(30(18-40)33-21-43-35-10-8-27(45-3)15-29(33)35)36-23(5-4-6-24(36)16-38)13-25(17-39)32-20-42-34-9-7-26(44-2)14-28(32)34/h4-15,19-21,42-43H,1-3H3/b25-13+,37-30-. The topological polar surface area (TPSA) is 134 Å². The Hall–Kier alpha value is -6.56. The van der Waals surface area contributed by atoms with Gasteiger partial charge in [-0.25, -0.2) is 0 Å². The number of aromatic nitrogens is 3. The molecule has 8 nitrogen and oxygen atoms in total. The summed E-state index contributed by atoms with van der Waals surface area (Å²) in [7, 11) is 3.19. The molecule has 0 atom stereocenters. The summed E-state index contributed by atoms with van der Waals surface area (Å²) in [5, 5.41) is 33.3. The maximum atomic E-state index is 10.8. The number of H-pyrrole nitrogens is 2. The molecular weight excluding hydrogens is 560 g/mol. The number of nitrogens with one attached hydrogen (secondary N) is 2. The first-order valence-electron chi connectivity index (χ1n) is 14.0. The zero-order valence-electron chi connectivity index (χ0n) is 24.8. The number of nitriles is 3. The van der Waals surface area contributed by atoms with Crippen LogP contribution in [0, 0.1) is 40.9 Å². The maximum Gasteiger partial charge on any atom is 0.119 e. The SMILES string of the molecule is COc1ccc2[nH]cc(/C(C#N)=C/c3cccc(C#N)c3/C(=C(/C#N)c3c[nH]c4ccc(OC)cc34)c3cnccc3C)c2c1. The van der Waals surface area contributed by atoms with E-state index in [1.807, 2.05) is 55.5 Å². The minimum absolute atomic E-state index is 0.346. The van der Waals surface area contributed by atoms with Crippen LogP contribution in [0.2, 0.25) is 0 Å². The van der Waals surface area contributed by atoms with Gasteiger partial charge in [0.2, 0.25) is 0 Å². The highest BCUT2D eigenvalue weighted by Crippen LogP contribution is 2.41. The Kier molecular flexibility index (Phi) is 7.60. The lowest BCUT2D eigenvalue weighted by Gasteiger charge is -2.18. The lowest BCUT2D eigenvalue weighted by molar-refractivity contribution is 0.415. The van der Waals surface area contributed by atoms with Crippen LogP contribution in [0.15, 0.2) is 85.5 Å². The molecule has 0 bridgehead atoms. The number of aromatic amines is 2. The first-order valence-corrected chi connectivity index (χ1v) is 14.0. The average molecular weight is 587 g/mol. The third kappa shape index (κ3) is 5.06. The van der Waals surface area contributed by atoms with Gasteiger partial charge >= 0.3 is 0 Å². The summed E-state index contributed by atoms with van der Waals surface area (Å²) in [4.78, 5) is 10.9. The molecule has 8 heteroatoms. The number of hydrogen-bond donors (Lipinski definition) is 2. The van der Waals surface area contributed by atoms with E-state index < -0.39 is 0 Å². The molecule has 3 aromatic heterocycles. The van der Waals surface area contributed by atoms with Crippen molar-refractivity contribution in [3.63, 3.8) is 0 Å². The lowest BCUT2D eigenvalue weighted by atomic mass is 9.83. The van der Waals surface area contributed by atoms with E-state index in [1.54, 1.807) is 57.2 Å². The normalized spacial score (nSPS) is 11.9. The Morgan fingerprint density at radius 3 is 2.07 bits per heavy atom. The molecule has 0 saturated carbocycles. The second-order valence-corrected chi connectivity index (χ2v) is 10.3. The maximum absolute atomic E-state index is 10.8. The third-order valence-corrected chi connectivity index (χ3v) is 7.89. The molecule has 0 saturated heterocycles. The van der Waals surface area contributed by atoms with Crippen LogP contribution in [0.4, 0.5) is 0 Å². The van der Waals surface area contributed by atoms with Gasteiger partial charge in [0.15, 0.2) is 0 Å². The van der Waals surface area contributed by atoms with E-state index in [2.05, 4.69) is 33.2 Å². The van der Waals surface area contributed by atoms with Gasteiger partial charge in [0.25, 0.3) is 0 Å². The molecule has 0 fully saturated rings. The monoisotopic (exact) mass is 586 g/mol. The number of methoxy groups -OCH3 is 2. The number of rotatable bonds is 7. The van der Waals surface area contributed by atoms with Crippen LogP contribution in [0.25, 0.3) is 44.6 Å². The average Bonchev–Trinajstić information content (AvgIpc) is 3.70. The van der Waals surface area contributed by atoms with E-state index in [-0.39, 0.29) is 0 Å². The summed E-state index contributed by atoms with van der Waals surface area (Å²) in [6, 6.07) is 25.6. The van der Waals surface area contributed by atoms with Crippen molar-refractivity contribution in [2.75, 3.05) is 14.2 Å². The highest BCUT2D eigenvalue weighted by molar-refractivity contribution is 6.12. The summed E-state index contributed by atoms with van der Waals surface area (Å²) in [5.74, 6) is 1.31. The number of pyridine rings is 1. The molecule has 0 aliphatic carbocycles. The van der Waals surface area contributed by atoms with Crippen LogP contribution in [-0.2, 0) is 0 Å². The second-order valence-electron chi connectivity index (χ2n) is 10.3. The Labute approximate surface area is 259 Å². The molecule has 6 aromatic rings. The third-order valence-electron chi connectivity index (χ3n) is 7.89. The Bertz CT molecular complexity index is 2300. The number of hydrogen-bond acceptors (Lipinski definition) is 6. The second kappa shape index (κ2) is 12.0. The molecule has 3 aromatic carbocycles. The van der Waals surface area contributed by atoms with E-state index in [0.717, 1.165) is 27.4 Å². The van der Waals surface area contributed by atoms with Gasteiger partial charge in [-0.05, 0) is 72.7 Å². The zero-order valence-corrected chi connectivity index (χ0v) is 24.8. The van der Waals surface area contributed by atoms with Gasteiger partial charge in [-0.3, -0.25) is 4.98 Å². The largest absolute Gasteiger partial charge is 0.497 e. The highest BCUT2D eigenvalue weighted by atomic mass is 16.5. The van der Waals surface area contributed by atoms with Crippen LogP contribution in [0.1, 0.15) is 38.9 Å². The van der Waals surface area contributed by atoms with Crippen LogP contribution in [0.3, 0.4) is 0 Å². The summed E-state index contributed by atoms with van der Waals surface area (Å²) in [6.45, 7) is 1.94. The summed E-state index contributed by atoms with van der Waals surface area (Å²) >= 11 is 0. The van der Waals surface area contributed by atoms with E-state index in [9.17, 15) is 15.8 Å². The highest BCUT2D eigenvalue weighted by Gasteiger charge is 2.24.